The zero-order chi connectivity index (χ0) is 15.8. The van der Waals surface area contributed by atoms with Gasteiger partial charge < -0.3 is 15.0 Å². The third-order valence-electron chi connectivity index (χ3n) is 3.48. The first kappa shape index (κ1) is 16.7. The van der Waals surface area contributed by atoms with Crippen LogP contribution in [0, 0.1) is 0 Å². The molecule has 1 N–H and O–H groups in total. The molecular weight excluding hydrogens is 300 g/mol. The summed E-state index contributed by atoms with van der Waals surface area (Å²) < 4.78 is 5.52. The van der Waals surface area contributed by atoms with Crippen LogP contribution in [0.4, 0.5) is 5.69 Å². The van der Waals surface area contributed by atoms with Crippen molar-refractivity contribution in [1.29, 1.82) is 0 Å². The summed E-state index contributed by atoms with van der Waals surface area (Å²) in [5.41, 5.74) is 0.730. The number of carbonyl (C=O) groups excluding carboxylic acids is 2. The number of nitrogens with zero attached hydrogens (tertiary/aromatic N) is 1. The predicted octanol–water partition coefficient (Wildman–Crippen LogP) is 2.38. The number of carbonyl (C=O) groups is 2. The van der Waals surface area contributed by atoms with Gasteiger partial charge in [0.25, 0.3) is 5.91 Å². The number of amides is 2. The summed E-state index contributed by atoms with van der Waals surface area (Å²) >= 11 is 1.48. The van der Waals surface area contributed by atoms with Crippen LogP contribution in [0.15, 0.2) is 24.3 Å². The van der Waals surface area contributed by atoms with Gasteiger partial charge in [-0.3, -0.25) is 9.59 Å². The Morgan fingerprint density at radius 2 is 1.86 bits per heavy atom. The van der Waals surface area contributed by atoms with Gasteiger partial charge in [0, 0.05) is 18.8 Å². The molecule has 0 aromatic heterocycles. The number of nitrogens with one attached hydrogen (secondary N) is 1. The Hall–Kier alpha value is -1.69. The van der Waals surface area contributed by atoms with Crippen LogP contribution in [0.25, 0.3) is 0 Å². The highest BCUT2D eigenvalue weighted by Crippen LogP contribution is 2.16. The SMILES string of the molecule is CSCC(=O)Nc1ccc(OCC(=O)N2CCCCC2)cc1. The van der Waals surface area contributed by atoms with E-state index in [2.05, 4.69) is 5.32 Å². The van der Waals surface area contributed by atoms with Crippen molar-refractivity contribution in [1.82, 2.24) is 4.90 Å². The van der Waals surface area contributed by atoms with Gasteiger partial charge in [-0.05, 0) is 49.8 Å². The average molecular weight is 322 g/mol. The van der Waals surface area contributed by atoms with E-state index in [1.54, 1.807) is 24.3 Å². The van der Waals surface area contributed by atoms with E-state index in [-0.39, 0.29) is 18.4 Å². The van der Waals surface area contributed by atoms with Gasteiger partial charge in [0.2, 0.25) is 5.91 Å². The highest BCUT2D eigenvalue weighted by molar-refractivity contribution is 7.99. The highest BCUT2D eigenvalue weighted by Gasteiger charge is 2.16. The fourth-order valence-corrected chi connectivity index (χ4v) is 2.68. The number of piperidine rings is 1. The van der Waals surface area contributed by atoms with Crippen molar-refractivity contribution in [2.24, 2.45) is 0 Å². The molecule has 120 valence electrons. The topological polar surface area (TPSA) is 58.6 Å². The summed E-state index contributed by atoms with van der Waals surface area (Å²) in [6, 6.07) is 7.08. The molecule has 1 aliphatic heterocycles. The number of benzene rings is 1. The molecule has 1 aromatic rings. The molecule has 1 fully saturated rings. The van der Waals surface area contributed by atoms with E-state index in [0.29, 0.717) is 11.5 Å². The summed E-state index contributed by atoms with van der Waals surface area (Å²) in [6.07, 6.45) is 5.25. The molecule has 0 unspecified atom stereocenters. The number of hydrogen-bond donors (Lipinski definition) is 1. The van der Waals surface area contributed by atoms with Crippen molar-refractivity contribution < 1.29 is 14.3 Å². The first-order valence-electron chi connectivity index (χ1n) is 7.48. The maximum absolute atomic E-state index is 12.0. The molecule has 0 saturated carbocycles. The quantitative estimate of drug-likeness (QED) is 0.873. The van der Waals surface area contributed by atoms with Crippen molar-refractivity contribution in [3.05, 3.63) is 24.3 Å². The number of hydrogen-bond acceptors (Lipinski definition) is 4. The lowest BCUT2D eigenvalue weighted by atomic mass is 10.1. The molecule has 5 nitrogen and oxygen atoms in total. The molecule has 2 amide bonds. The number of anilines is 1. The molecule has 2 rings (SSSR count). The number of thioether (sulfide) groups is 1. The molecule has 0 spiro atoms. The predicted molar refractivity (Wildman–Crippen MR) is 89.4 cm³/mol. The molecule has 6 heteroatoms. The van der Waals surface area contributed by atoms with E-state index in [1.807, 2.05) is 11.2 Å². The number of likely N-dealkylation sites (tertiary alicyclic amines) is 1. The second kappa shape index (κ2) is 8.68. The Morgan fingerprint density at radius 3 is 2.50 bits per heavy atom. The molecular formula is C16H22N2O3S. The van der Waals surface area contributed by atoms with Gasteiger partial charge in [-0.2, -0.15) is 11.8 Å². The van der Waals surface area contributed by atoms with E-state index in [0.717, 1.165) is 31.6 Å². The summed E-state index contributed by atoms with van der Waals surface area (Å²) in [6.45, 7) is 1.74. The Kier molecular flexibility index (Phi) is 6.58. The first-order chi connectivity index (χ1) is 10.7. The van der Waals surface area contributed by atoms with E-state index < -0.39 is 0 Å². The van der Waals surface area contributed by atoms with Gasteiger partial charge in [-0.25, -0.2) is 0 Å². The zero-order valence-electron chi connectivity index (χ0n) is 12.8. The maximum Gasteiger partial charge on any atom is 0.260 e. The largest absolute Gasteiger partial charge is 0.484 e. The average Bonchev–Trinajstić information content (AvgIpc) is 2.55. The monoisotopic (exact) mass is 322 g/mol. The van der Waals surface area contributed by atoms with Crippen molar-refractivity contribution >= 4 is 29.3 Å². The lowest BCUT2D eigenvalue weighted by Crippen LogP contribution is -2.38. The molecule has 1 heterocycles. The van der Waals surface area contributed by atoms with Gasteiger partial charge in [-0.15, -0.1) is 0 Å². The summed E-state index contributed by atoms with van der Waals surface area (Å²) in [4.78, 5) is 25.3. The number of ether oxygens (including phenoxy) is 1. The van der Waals surface area contributed by atoms with Crippen molar-refractivity contribution in [2.45, 2.75) is 19.3 Å². The van der Waals surface area contributed by atoms with Crippen molar-refractivity contribution in [3.8, 4) is 5.75 Å². The molecule has 1 aromatic carbocycles. The van der Waals surface area contributed by atoms with Crippen LogP contribution in [0.3, 0.4) is 0 Å². The lowest BCUT2D eigenvalue weighted by molar-refractivity contribution is -0.134. The van der Waals surface area contributed by atoms with Crippen LogP contribution in [0.5, 0.6) is 5.75 Å². The summed E-state index contributed by atoms with van der Waals surface area (Å²) in [7, 11) is 0. The van der Waals surface area contributed by atoms with E-state index >= 15 is 0 Å². The fraction of sp³-hybridized carbons (Fsp3) is 0.500. The van der Waals surface area contributed by atoms with Crippen LogP contribution in [0.2, 0.25) is 0 Å². The minimum Gasteiger partial charge on any atom is -0.484 e. The molecule has 0 atom stereocenters. The normalized spacial score (nSPS) is 14.5. The van der Waals surface area contributed by atoms with Crippen LogP contribution in [0.1, 0.15) is 19.3 Å². The van der Waals surface area contributed by atoms with Crippen molar-refractivity contribution in [3.63, 3.8) is 0 Å². The summed E-state index contributed by atoms with van der Waals surface area (Å²) in [5, 5.41) is 2.80. The summed E-state index contributed by atoms with van der Waals surface area (Å²) in [5.74, 6) is 1.08. The first-order valence-corrected chi connectivity index (χ1v) is 8.88. The Bertz CT molecular complexity index is 499. The van der Waals surface area contributed by atoms with Crippen LogP contribution in [-0.2, 0) is 9.59 Å². The van der Waals surface area contributed by atoms with Gasteiger partial charge in [0.1, 0.15) is 5.75 Å². The Morgan fingerprint density at radius 1 is 1.18 bits per heavy atom. The molecule has 0 aliphatic carbocycles. The zero-order valence-corrected chi connectivity index (χ0v) is 13.7. The van der Waals surface area contributed by atoms with Crippen LogP contribution < -0.4 is 10.1 Å². The molecule has 1 aliphatic rings. The second-order valence-corrected chi connectivity index (χ2v) is 6.10. The third kappa shape index (κ3) is 5.26. The molecule has 22 heavy (non-hydrogen) atoms. The van der Waals surface area contributed by atoms with Gasteiger partial charge in [-0.1, -0.05) is 0 Å². The minimum absolute atomic E-state index is 0.0264. The van der Waals surface area contributed by atoms with Gasteiger partial charge in [0.05, 0.1) is 5.75 Å². The highest BCUT2D eigenvalue weighted by atomic mass is 32.2. The van der Waals surface area contributed by atoms with Gasteiger partial charge >= 0.3 is 0 Å². The Labute approximate surface area is 135 Å². The van der Waals surface area contributed by atoms with E-state index in [1.165, 1.54) is 18.2 Å². The Balaban J connectivity index is 1.78. The standard InChI is InChI=1S/C16H22N2O3S/c1-22-12-15(19)17-13-5-7-14(8-6-13)21-11-16(20)18-9-3-2-4-10-18/h5-8H,2-4,9-12H2,1H3,(H,17,19). The fourth-order valence-electron chi connectivity index (χ4n) is 2.34. The van der Waals surface area contributed by atoms with E-state index in [4.69, 9.17) is 4.74 Å². The van der Waals surface area contributed by atoms with Gasteiger partial charge in [0.15, 0.2) is 6.61 Å². The maximum atomic E-state index is 12.0. The second-order valence-electron chi connectivity index (χ2n) is 5.24. The van der Waals surface area contributed by atoms with Crippen LogP contribution >= 0.6 is 11.8 Å². The lowest BCUT2D eigenvalue weighted by Gasteiger charge is -2.26. The van der Waals surface area contributed by atoms with Crippen LogP contribution in [-0.4, -0.2) is 48.4 Å². The smallest absolute Gasteiger partial charge is 0.260 e. The minimum atomic E-state index is -0.0264. The molecule has 0 bridgehead atoms. The number of rotatable bonds is 6. The molecule has 0 radical (unpaired) electrons. The molecule has 1 saturated heterocycles. The van der Waals surface area contributed by atoms with E-state index in [9.17, 15) is 9.59 Å². The van der Waals surface area contributed by atoms with Crippen molar-refractivity contribution in [2.75, 3.05) is 37.0 Å². The third-order valence-corrected chi connectivity index (χ3v) is 4.04.